The molecule has 0 rings (SSSR count). The molecule has 2 atom stereocenters. The van der Waals surface area contributed by atoms with Gasteiger partial charge < -0.3 is 10.6 Å². The molecule has 0 radical (unpaired) electrons. The first kappa shape index (κ1) is 14.5. The predicted octanol–water partition coefficient (Wildman–Crippen LogP) is -0.761. The standard InChI is InChI=1S/C11H19N3O2/c1-5-7-13-11(16)9(4)14-8(3)10(15)12-6-2/h1,8-9,14H,6-7H2,2-4H3,(H,12,15)(H,13,16). The van der Waals surface area contributed by atoms with Gasteiger partial charge in [0, 0.05) is 6.54 Å². The van der Waals surface area contributed by atoms with Crippen LogP contribution >= 0.6 is 0 Å². The highest BCUT2D eigenvalue weighted by Gasteiger charge is 2.18. The average molecular weight is 225 g/mol. The van der Waals surface area contributed by atoms with Crippen LogP contribution in [-0.2, 0) is 9.59 Å². The first-order chi connectivity index (χ1) is 7.52. The Kier molecular flexibility index (Phi) is 6.97. The number of terminal acetylenes is 1. The van der Waals surface area contributed by atoms with Crippen LogP contribution in [0.15, 0.2) is 0 Å². The van der Waals surface area contributed by atoms with Crippen LogP contribution < -0.4 is 16.0 Å². The summed E-state index contributed by atoms with van der Waals surface area (Å²) in [6.07, 6.45) is 5.02. The van der Waals surface area contributed by atoms with Gasteiger partial charge in [-0.2, -0.15) is 0 Å². The number of hydrogen-bond acceptors (Lipinski definition) is 3. The van der Waals surface area contributed by atoms with Gasteiger partial charge in [-0.15, -0.1) is 6.42 Å². The van der Waals surface area contributed by atoms with Gasteiger partial charge in [-0.3, -0.25) is 14.9 Å². The van der Waals surface area contributed by atoms with Crippen LogP contribution in [-0.4, -0.2) is 37.0 Å². The number of nitrogens with one attached hydrogen (secondary N) is 3. The zero-order valence-electron chi connectivity index (χ0n) is 9.96. The Morgan fingerprint density at radius 2 is 1.69 bits per heavy atom. The maximum Gasteiger partial charge on any atom is 0.237 e. The summed E-state index contributed by atoms with van der Waals surface area (Å²) >= 11 is 0. The van der Waals surface area contributed by atoms with Crippen LogP contribution in [0.2, 0.25) is 0 Å². The Bertz CT molecular complexity index is 283. The van der Waals surface area contributed by atoms with E-state index < -0.39 is 12.1 Å². The minimum atomic E-state index is -0.453. The van der Waals surface area contributed by atoms with Crippen LogP contribution in [0.5, 0.6) is 0 Å². The molecule has 0 fully saturated rings. The molecule has 0 aliphatic rings. The molecule has 5 nitrogen and oxygen atoms in total. The van der Waals surface area contributed by atoms with Crippen LogP contribution in [0.3, 0.4) is 0 Å². The summed E-state index contributed by atoms with van der Waals surface area (Å²) in [5.41, 5.74) is 0. The van der Waals surface area contributed by atoms with Crippen LogP contribution in [0.25, 0.3) is 0 Å². The van der Waals surface area contributed by atoms with E-state index in [-0.39, 0.29) is 18.4 Å². The minimum Gasteiger partial charge on any atom is -0.355 e. The fourth-order valence-electron chi connectivity index (χ4n) is 1.14. The molecule has 0 saturated carbocycles. The second-order valence-electron chi connectivity index (χ2n) is 3.43. The summed E-state index contributed by atoms with van der Waals surface area (Å²) < 4.78 is 0. The first-order valence-electron chi connectivity index (χ1n) is 5.27. The van der Waals surface area contributed by atoms with E-state index in [9.17, 15) is 9.59 Å². The van der Waals surface area contributed by atoms with E-state index in [0.29, 0.717) is 6.54 Å². The van der Waals surface area contributed by atoms with Gasteiger partial charge in [0.15, 0.2) is 0 Å². The zero-order chi connectivity index (χ0) is 12.6. The minimum absolute atomic E-state index is 0.126. The van der Waals surface area contributed by atoms with Crippen molar-refractivity contribution < 1.29 is 9.59 Å². The van der Waals surface area contributed by atoms with E-state index in [1.54, 1.807) is 13.8 Å². The van der Waals surface area contributed by atoms with Gasteiger partial charge in [-0.25, -0.2) is 0 Å². The molecule has 0 aromatic carbocycles. The third-order valence-corrected chi connectivity index (χ3v) is 2.00. The Morgan fingerprint density at radius 1 is 1.19 bits per heavy atom. The molecule has 5 heteroatoms. The second kappa shape index (κ2) is 7.71. The maximum atomic E-state index is 11.4. The molecule has 0 aromatic heterocycles. The second-order valence-corrected chi connectivity index (χ2v) is 3.43. The lowest BCUT2D eigenvalue weighted by atomic mass is 10.2. The van der Waals surface area contributed by atoms with Crippen molar-refractivity contribution in [2.45, 2.75) is 32.9 Å². The summed E-state index contributed by atoms with van der Waals surface area (Å²) in [6, 6.07) is -0.863. The average Bonchev–Trinajstić information content (AvgIpc) is 2.25. The lowest BCUT2D eigenvalue weighted by Gasteiger charge is -2.18. The number of amides is 2. The summed E-state index contributed by atoms with van der Waals surface area (Å²) in [5, 5.41) is 8.09. The third kappa shape index (κ3) is 5.37. The van der Waals surface area contributed by atoms with Crippen molar-refractivity contribution in [1.29, 1.82) is 0 Å². The number of hydrogen-bond donors (Lipinski definition) is 3. The van der Waals surface area contributed by atoms with E-state index in [0.717, 1.165) is 0 Å². The summed E-state index contributed by atoms with van der Waals surface area (Å²) in [4.78, 5) is 22.8. The Hall–Kier alpha value is -1.54. The molecule has 16 heavy (non-hydrogen) atoms. The Labute approximate surface area is 96.4 Å². The predicted molar refractivity (Wildman–Crippen MR) is 62.6 cm³/mol. The summed E-state index contributed by atoms with van der Waals surface area (Å²) in [7, 11) is 0. The monoisotopic (exact) mass is 225 g/mol. The smallest absolute Gasteiger partial charge is 0.237 e. The van der Waals surface area contributed by atoms with Crippen molar-refractivity contribution in [3.63, 3.8) is 0 Å². The molecule has 0 heterocycles. The van der Waals surface area contributed by atoms with Gasteiger partial charge in [0.1, 0.15) is 0 Å². The molecular formula is C11H19N3O2. The number of carbonyl (C=O) groups excluding carboxylic acids is 2. The highest BCUT2D eigenvalue weighted by atomic mass is 16.2. The molecular weight excluding hydrogens is 206 g/mol. The molecule has 0 saturated heterocycles. The molecule has 3 N–H and O–H groups in total. The van der Waals surface area contributed by atoms with Crippen LogP contribution in [0.4, 0.5) is 0 Å². The Balaban J connectivity index is 4.03. The quantitative estimate of drug-likeness (QED) is 0.520. The summed E-state index contributed by atoms with van der Waals surface area (Å²) in [6.45, 7) is 5.99. The van der Waals surface area contributed by atoms with Crippen LogP contribution in [0.1, 0.15) is 20.8 Å². The lowest BCUT2D eigenvalue weighted by molar-refractivity contribution is -0.124. The molecule has 0 bridgehead atoms. The molecule has 0 aliphatic heterocycles. The fourth-order valence-corrected chi connectivity index (χ4v) is 1.14. The third-order valence-electron chi connectivity index (χ3n) is 2.00. The Morgan fingerprint density at radius 3 is 2.12 bits per heavy atom. The molecule has 90 valence electrons. The molecule has 2 unspecified atom stereocenters. The van der Waals surface area contributed by atoms with Crippen molar-refractivity contribution in [2.24, 2.45) is 0 Å². The van der Waals surface area contributed by atoms with Crippen LogP contribution in [0, 0.1) is 12.3 Å². The highest BCUT2D eigenvalue weighted by molar-refractivity contribution is 5.84. The number of rotatable bonds is 6. The molecule has 0 spiro atoms. The largest absolute Gasteiger partial charge is 0.355 e. The fraction of sp³-hybridized carbons (Fsp3) is 0.636. The van der Waals surface area contributed by atoms with E-state index in [1.165, 1.54) is 0 Å². The van der Waals surface area contributed by atoms with E-state index in [1.807, 2.05) is 6.92 Å². The maximum absolute atomic E-state index is 11.4. The van der Waals surface area contributed by atoms with Crippen molar-refractivity contribution in [1.82, 2.24) is 16.0 Å². The van der Waals surface area contributed by atoms with Gasteiger partial charge in [0.25, 0.3) is 0 Å². The number of carbonyl (C=O) groups is 2. The van der Waals surface area contributed by atoms with Gasteiger partial charge in [-0.05, 0) is 20.8 Å². The summed E-state index contributed by atoms with van der Waals surface area (Å²) in [5.74, 6) is 1.97. The van der Waals surface area contributed by atoms with Gasteiger partial charge in [-0.1, -0.05) is 5.92 Å². The first-order valence-corrected chi connectivity index (χ1v) is 5.27. The van der Waals surface area contributed by atoms with Crippen molar-refractivity contribution in [3.05, 3.63) is 0 Å². The lowest BCUT2D eigenvalue weighted by Crippen LogP contribution is -2.51. The zero-order valence-corrected chi connectivity index (χ0v) is 9.96. The van der Waals surface area contributed by atoms with Gasteiger partial charge in [0.05, 0.1) is 18.6 Å². The van der Waals surface area contributed by atoms with Crippen molar-refractivity contribution >= 4 is 11.8 Å². The molecule has 0 aliphatic carbocycles. The topological polar surface area (TPSA) is 70.2 Å². The molecule has 2 amide bonds. The normalized spacial score (nSPS) is 13.4. The van der Waals surface area contributed by atoms with Crippen molar-refractivity contribution in [2.75, 3.05) is 13.1 Å². The van der Waals surface area contributed by atoms with Gasteiger partial charge >= 0.3 is 0 Å². The van der Waals surface area contributed by atoms with E-state index in [4.69, 9.17) is 6.42 Å². The SMILES string of the molecule is C#CCNC(=O)C(C)NC(C)C(=O)NCC. The van der Waals surface area contributed by atoms with E-state index >= 15 is 0 Å². The molecule has 0 aromatic rings. The highest BCUT2D eigenvalue weighted by Crippen LogP contribution is 1.88. The number of likely N-dealkylation sites (N-methyl/N-ethyl adjacent to an activating group) is 1. The van der Waals surface area contributed by atoms with E-state index in [2.05, 4.69) is 21.9 Å². The van der Waals surface area contributed by atoms with Gasteiger partial charge in [0.2, 0.25) is 11.8 Å². The van der Waals surface area contributed by atoms with Crippen molar-refractivity contribution in [3.8, 4) is 12.3 Å².